The molecule has 2 N–H and O–H groups in total. The van der Waals surface area contributed by atoms with Gasteiger partial charge in [-0.05, 0) is 18.2 Å². The SMILES string of the molecule is COC(=O)Nc1nc(-c2ccccc2)c(NC(=O)c2cccc(OC)c2)s1. The van der Waals surface area contributed by atoms with Gasteiger partial charge in [0.1, 0.15) is 16.4 Å². The van der Waals surface area contributed by atoms with Crippen LogP contribution in [0.25, 0.3) is 11.3 Å². The van der Waals surface area contributed by atoms with Crippen molar-refractivity contribution in [3.05, 3.63) is 60.2 Å². The predicted octanol–water partition coefficient (Wildman–Crippen LogP) is 4.25. The molecule has 8 heteroatoms. The molecule has 3 aromatic rings. The number of carbonyl (C=O) groups excluding carboxylic acids is 2. The van der Waals surface area contributed by atoms with Crippen molar-refractivity contribution in [3.63, 3.8) is 0 Å². The van der Waals surface area contributed by atoms with E-state index >= 15 is 0 Å². The smallest absolute Gasteiger partial charge is 0.413 e. The number of nitrogens with zero attached hydrogens (tertiary/aromatic N) is 1. The summed E-state index contributed by atoms with van der Waals surface area (Å²) >= 11 is 1.14. The van der Waals surface area contributed by atoms with Crippen molar-refractivity contribution in [1.29, 1.82) is 0 Å². The van der Waals surface area contributed by atoms with E-state index in [1.165, 1.54) is 7.11 Å². The lowest BCUT2D eigenvalue weighted by atomic mass is 10.1. The van der Waals surface area contributed by atoms with E-state index in [0.717, 1.165) is 16.9 Å². The third kappa shape index (κ3) is 4.42. The highest BCUT2D eigenvalue weighted by Gasteiger charge is 2.18. The molecule has 7 nitrogen and oxygen atoms in total. The molecular formula is C19H17N3O4S. The Bertz CT molecular complexity index is 957. The first kappa shape index (κ1) is 18.4. The van der Waals surface area contributed by atoms with E-state index in [2.05, 4.69) is 20.4 Å². The Morgan fingerprint density at radius 1 is 1.00 bits per heavy atom. The van der Waals surface area contributed by atoms with Gasteiger partial charge in [0.05, 0.1) is 14.2 Å². The topological polar surface area (TPSA) is 89.5 Å². The average Bonchev–Trinajstić information content (AvgIpc) is 3.10. The largest absolute Gasteiger partial charge is 0.497 e. The first-order valence-electron chi connectivity index (χ1n) is 7.97. The van der Waals surface area contributed by atoms with Crippen LogP contribution in [-0.2, 0) is 4.74 Å². The highest BCUT2D eigenvalue weighted by molar-refractivity contribution is 7.20. The lowest BCUT2D eigenvalue weighted by Crippen LogP contribution is -2.11. The third-order valence-electron chi connectivity index (χ3n) is 3.63. The summed E-state index contributed by atoms with van der Waals surface area (Å²) in [6.45, 7) is 0. The molecule has 27 heavy (non-hydrogen) atoms. The molecule has 0 fully saturated rings. The quantitative estimate of drug-likeness (QED) is 0.687. The van der Waals surface area contributed by atoms with Crippen LogP contribution in [0, 0.1) is 0 Å². The summed E-state index contributed by atoms with van der Waals surface area (Å²) in [6, 6.07) is 16.2. The van der Waals surface area contributed by atoms with Crippen molar-refractivity contribution < 1.29 is 19.1 Å². The second-order valence-corrected chi connectivity index (χ2v) is 6.36. The Morgan fingerprint density at radius 3 is 2.48 bits per heavy atom. The number of hydrogen-bond donors (Lipinski definition) is 2. The van der Waals surface area contributed by atoms with Crippen LogP contribution in [0.2, 0.25) is 0 Å². The maximum atomic E-state index is 12.7. The number of aromatic nitrogens is 1. The average molecular weight is 383 g/mol. The van der Waals surface area contributed by atoms with Gasteiger partial charge < -0.3 is 14.8 Å². The van der Waals surface area contributed by atoms with Gasteiger partial charge in [0.15, 0.2) is 5.13 Å². The van der Waals surface area contributed by atoms with Crippen LogP contribution in [-0.4, -0.2) is 31.2 Å². The van der Waals surface area contributed by atoms with Crippen molar-refractivity contribution in [2.75, 3.05) is 24.9 Å². The van der Waals surface area contributed by atoms with E-state index in [0.29, 0.717) is 27.1 Å². The van der Waals surface area contributed by atoms with Crippen LogP contribution in [0.5, 0.6) is 5.75 Å². The van der Waals surface area contributed by atoms with E-state index in [4.69, 9.17) is 4.74 Å². The number of ether oxygens (including phenoxy) is 2. The molecule has 0 aliphatic rings. The molecule has 0 atom stereocenters. The number of anilines is 2. The Kier molecular flexibility index (Phi) is 5.68. The molecule has 138 valence electrons. The number of hydrogen-bond acceptors (Lipinski definition) is 6. The fraction of sp³-hybridized carbons (Fsp3) is 0.105. The normalized spacial score (nSPS) is 10.1. The van der Waals surface area contributed by atoms with E-state index < -0.39 is 6.09 Å². The van der Waals surface area contributed by atoms with Gasteiger partial charge in [-0.2, -0.15) is 0 Å². The monoisotopic (exact) mass is 383 g/mol. The number of rotatable bonds is 5. The lowest BCUT2D eigenvalue weighted by molar-refractivity contribution is 0.102. The second kappa shape index (κ2) is 8.33. The van der Waals surface area contributed by atoms with Gasteiger partial charge in [0.25, 0.3) is 5.91 Å². The molecule has 1 aromatic heterocycles. The van der Waals surface area contributed by atoms with Crippen molar-refractivity contribution in [2.24, 2.45) is 0 Å². The maximum absolute atomic E-state index is 12.7. The minimum Gasteiger partial charge on any atom is -0.497 e. The van der Waals surface area contributed by atoms with Crippen LogP contribution in [0.15, 0.2) is 54.6 Å². The first-order chi connectivity index (χ1) is 13.1. The molecule has 1 heterocycles. The fourth-order valence-corrected chi connectivity index (χ4v) is 3.20. The number of methoxy groups -OCH3 is 2. The van der Waals surface area contributed by atoms with Gasteiger partial charge in [-0.15, -0.1) is 0 Å². The van der Waals surface area contributed by atoms with E-state index in [-0.39, 0.29) is 5.91 Å². The molecule has 0 saturated heterocycles. The van der Waals surface area contributed by atoms with Crippen molar-refractivity contribution >= 4 is 33.5 Å². The van der Waals surface area contributed by atoms with Gasteiger partial charge in [-0.1, -0.05) is 47.7 Å². The zero-order valence-electron chi connectivity index (χ0n) is 14.7. The van der Waals surface area contributed by atoms with Crippen LogP contribution in [0.3, 0.4) is 0 Å². The highest BCUT2D eigenvalue weighted by Crippen LogP contribution is 2.36. The van der Waals surface area contributed by atoms with Gasteiger partial charge in [0.2, 0.25) is 0 Å². The molecule has 0 aliphatic heterocycles. The standard InChI is InChI=1S/C19H17N3O4S/c1-25-14-10-6-9-13(11-14)16(23)21-17-15(12-7-4-3-5-8-12)20-18(27-17)22-19(24)26-2/h3-11H,1-2H3,(H,21,23)(H,20,22,24). The summed E-state index contributed by atoms with van der Waals surface area (Å²) in [4.78, 5) is 28.6. The van der Waals surface area contributed by atoms with Crippen LogP contribution in [0.4, 0.5) is 14.9 Å². The molecular weight excluding hydrogens is 366 g/mol. The van der Waals surface area contributed by atoms with Crippen molar-refractivity contribution in [2.45, 2.75) is 0 Å². The van der Waals surface area contributed by atoms with Gasteiger partial charge in [-0.25, -0.2) is 9.78 Å². The first-order valence-corrected chi connectivity index (χ1v) is 8.79. The van der Waals surface area contributed by atoms with Crippen LogP contribution < -0.4 is 15.4 Å². The Morgan fingerprint density at radius 2 is 1.78 bits per heavy atom. The number of amides is 2. The van der Waals surface area contributed by atoms with Crippen LogP contribution in [0.1, 0.15) is 10.4 Å². The van der Waals surface area contributed by atoms with Gasteiger partial charge >= 0.3 is 6.09 Å². The molecule has 0 aliphatic carbocycles. The Balaban J connectivity index is 1.92. The minimum atomic E-state index is -0.631. The predicted molar refractivity (Wildman–Crippen MR) is 105 cm³/mol. The van der Waals surface area contributed by atoms with Crippen molar-refractivity contribution in [3.8, 4) is 17.0 Å². The summed E-state index contributed by atoms with van der Waals surface area (Å²) < 4.78 is 9.76. The van der Waals surface area contributed by atoms with E-state index in [9.17, 15) is 9.59 Å². The van der Waals surface area contributed by atoms with Crippen LogP contribution >= 0.6 is 11.3 Å². The zero-order chi connectivity index (χ0) is 19.2. The molecule has 0 bridgehead atoms. The lowest BCUT2D eigenvalue weighted by Gasteiger charge is -2.06. The second-order valence-electron chi connectivity index (χ2n) is 5.37. The number of carbonyl (C=O) groups is 2. The summed E-state index contributed by atoms with van der Waals surface area (Å²) in [7, 11) is 2.81. The molecule has 0 saturated carbocycles. The number of benzene rings is 2. The summed E-state index contributed by atoms with van der Waals surface area (Å²) in [6.07, 6.45) is -0.631. The molecule has 0 unspecified atom stereocenters. The molecule has 3 rings (SSSR count). The number of nitrogens with one attached hydrogen (secondary N) is 2. The zero-order valence-corrected chi connectivity index (χ0v) is 15.5. The van der Waals surface area contributed by atoms with E-state index in [1.54, 1.807) is 31.4 Å². The highest BCUT2D eigenvalue weighted by atomic mass is 32.1. The molecule has 2 aromatic carbocycles. The molecule has 0 spiro atoms. The Hall–Kier alpha value is -3.39. The summed E-state index contributed by atoms with van der Waals surface area (Å²) in [5, 5.41) is 6.22. The summed E-state index contributed by atoms with van der Waals surface area (Å²) in [5.41, 5.74) is 1.82. The van der Waals surface area contributed by atoms with Crippen molar-refractivity contribution in [1.82, 2.24) is 4.98 Å². The maximum Gasteiger partial charge on any atom is 0.413 e. The van der Waals surface area contributed by atoms with E-state index in [1.807, 2.05) is 30.3 Å². The van der Waals surface area contributed by atoms with Gasteiger partial charge in [-0.3, -0.25) is 10.1 Å². The molecule has 2 amide bonds. The van der Waals surface area contributed by atoms with Gasteiger partial charge in [0, 0.05) is 11.1 Å². The number of thiazole rings is 1. The Labute approximate surface area is 160 Å². The third-order valence-corrected chi connectivity index (χ3v) is 4.51. The summed E-state index contributed by atoms with van der Waals surface area (Å²) in [5.74, 6) is 0.280. The minimum absolute atomic E-state index is 0.306. The fourth-order valence-electron chi connectivity index (χ4n) is 2.33. The molecule has 0 radical (unpaired) electrons.